The Labute approximate surface area is 263 Å². The van der Waals surface area contributed by atoms with Gasteiger partial charge in [0.25, 0.3) is 0 Å². The minimum Gasteiger partial charge on any atom is -1.00 e. The molecule has 1 heterocycles. The van der Waals surface area contributed by atoms with Crippen LogP contribution < -0.4 is 34.0 Å². The van der Waals surface area contributed by atoms with Crippen molar-refractivity contribution in [3.05, 3.63) is 0 Å². The van der Waals surface area contributed by atoms with Crippen molar-refractivity contribution in [3.8, 4) is 0 Å². The van der Waals surface area contributed by atoms with Crippen LogP contribution in [0.15, 0.2) is 0 Å². The summed E-state index contributed by atoms with van der Waals surface area (Å²) in [6, 6.07) is 0. The molecule has 1 rings (SSSR count). The van der Waals surface area contributed by atoms with Gasteiger partial charge < -0.3 is 42.9 Å². The molecule has 1 aliphatic heterocycles. The van der Waals surface area contributed by atoms with Gasteiger partial charge in [-0.15, -0.1) is 0 Å². The molecule has 0 N–H and O–H groups in total. The van der Waals surface area contributed by atoms with E-state index in [4.69, 9.17) is 0 Å². The molecule has 38 heavy (non-hydrogen) atoms. The molecule has 0 spiro atoms. The Kier molecular flexibility index (Phi) is 30.2. The number of hydrogen-bond donors (Lipinski definition) is 0. The molecule has 0 aliphatic carbocycles. The van der Waals surface area contributed by atoms with Crippen LogP contribution in [0.4, 0.5) is 0 Å². The summed E-state index contributed by atoms with van der Waals surface area (Å²) in [6.45, 7) is 13.1. The predicted octanol–water partition coefficient (Wildman–Crippen LogP) is 4.30. The van der Waals surface area contributed by atoms with Crippen molar-refractivity contribution >= 4 is 0 Å². The molecule has 0 radical (unpaired) electrons. The van der Waals surface area contributed by atoms with Gasteiger partial charge in [0, 0.05) is 0 Å². The summed E-state index contributed by atoms with van der Waals surface area (Å²) in [6.07, 6.45) is 35.1. The molecule has 0 amide bonds. The van der Waals surface area contributed by atoms with Crippen LogP contribution in [-0.4, -0.2) is 62.3 Å². The molecule has 0 aromatic carbocycles. The lowest BCUT2D eigenvalue weighted by molar-refractivity contribution is -1.02. The largest absolute Gasteiger partial charge is 1.00 e. The van der Waals surface area contributed by atoms with Crippen LogP contribution in [-0.2, 0) is 0 Å². The first kappa shape index (κ1) is 41.0. The first-order valence-corrected chi connectivity index (χ1v) is 17.2. The maximum Gasteiger partial charge on any atom is 0.128 e. The molecule has 1 fully saturated rings. The monoisotopic (exact) mass is 666 g/mol. The van der Waals surface area contributed by atoms with Gasteiger partial charge in [0.05, 0.1) is 27.2 Å². The van der Waals surface area contributed by atoms with Crippen LogP contribution in [0.1, 0.15) is 168 Å². The summed E-state index contributed by atoms with van der Waals surface area (Å²) in [5.74, 6) is 0. The Morgan fingerprint density at radius 1 is 0.316 bits per heavy atom. The quantitative estimate of drug-likeness (QED) is 0.0954. The molecule has 0 aromatic rings. The van der Waals surface area contributed by atoms with E-state index in [0.29, 0.717) is 0 Å². The fourth-order valence-electron chi connectivity index (χ4n) is 6.31. The Morgan fingerprint density at radius 3 is 0.711 bits per heavy atom. The molecule has 0 saturated carbocycles. The number of likely N-dealkylation sites (N-methyl/N-ethyl adjacent to an activating group) is 2. The lowest BCUT2D eigenvalue weighted by Gasteiger charge is -2.46. The third kappa shape index (κ3) is 23.6. The number of unbranched alkanes of at least 4 members (excludes halogenated alkanes) is 22. The number of rotatable bonds is 26. The fourth-order valence-corrected chi connectivity index (χ4v) is 6.31. The zero-order chi connectivity index (χ0) is 26.2. The smallest absolute Gasteiger partial charge is 0.128 e. The fraction of sp³-hybridized carbons (Fsp3) is 1.00. The Balaban J connectivity index is 0. The summed E-state index contributed by atoms with van der Waals surface area (Å²) < 4.78 is 2.70. The first-order valence-electron chi connectivity index (χ1n) is 17.2. The molecule has 0 unspecified atom stereocenters. The van der Waals surface area contributed by atoms with Crippen LogP contribution in [0.5, 0.6) is 0 Å². The standard InChI is InChI=1S/C34H72N2.2BrH/c1-5-7-9-11-13-15-17-19-21-23-25-27-29-35(3)31-33-36(4,34-32-35)30-28-26-24-22-20-18-16-14-12-10-8-6-2;;/h5-34H2,1-4H3;2*1H/q+2;;/p-2. The van der Waals surface area contributed by atoms with Crippen molar-refractivity contribution in [1.29, 1.82) is 0 Å². The van der Waals surface area contributed by atoms with Crippen LogP contribution in [0.3, 0.4) is 0 Å². The van der Waals surface area contributed by atoms with Gasteiger partial charge in [-0.2, -0.15) is 0 Å². The van der Waals surface area contributed by atoms with Crippen molar-refractivity contribution in [2.45, 2.75) is 168 Å². The van der Waals surface area contributed by atoms with Crippen LogP contribution in [0.25, 0.3) is 0 Å². The van der Waals surface area contributed by atoms with Crippen LogP contribution in [0, 0.1) is 0 Å². The summed E-state index contributed by atoms with van der Waals surface area (Å²) >= 11 is 0. The molecular weight excluding hydrogens is 596 g/mol. The maximum absolute atomic E-state index is 2.55. The van der Waals surface area contributed by atoms with E-state index in [2.05, 4.69) is 27.9 Å². The lowest BCUT2D eigenvalue weighted by atomic mass is 10.0. The van der Waals surface area contributed by atoms with E-state index >= 15 is 0 Å². The van der Waals surface area contributed by atoms with Gasteiger partial charge in [-0.3, -0.25) is 0 Å². The van der Waals surface area contributed by atoms with Crippen molar-refractivity contribution < 1.29 is 42.9 Å². The summed E-state index contributed by atoms with van der Waals surface area (Å²) in [4.78, 5) is 0. The molecule has 0 bridgehead atoms. The van der Waals surface area contributed by atoms with Crippen LogP contribution >= 0.6 is 0 Å². The number of piperazine rings is 1. The van der Waals surface area contributed by atoms with Gasteiger partial charge in [-0.1, -0.05) is 142 Å². The zero-order valence-corrected chi connectivity index (χ0v) is 30.0. The molecular formula is C34H72Br2N2. The van der Waals surface area contributed by atoms with E-state index in [1.54, 1.807) is 0 Å². The second-order valence-electron chi connectivity index (χ2n) is 13.4. The van der Waals surface area contributed by atoms with Gasteiger partial charge in [-0.05, 0) is 25.7 Å². The average Bonchev–Trinajstić information content (AvgIpc) is 2.88. The Morgan fingerprint density at radius 2 is 0.500 bits per heavy atom. The second kappa shape index (κ2) is 28.0. The van der Waals surface area contributed by atoms with Gasteiger partial charge in [0.2, 0.25) is 0 Å². The maximum atomic E-state index is 2.55. The highest BCUT2D eigenvalue weighted by Gasteiger charge is 2.36. The van der Waals surface area contributed by atoms with Crippen LogP contribution in [0.2, 0.25) is 0 Å². The van der Waals surface area contributed by atoms with E-state index in [1.807, 2.05) is 0 Å². The van der Waals surface area contributed by atoms with E-state index in [0.717, 1.165) is 0 Å². The highest BCUT2D eigenvalue weighted by Crippen LogP contribution is 2.20. The molecule has 232 valence electrons. The van der Waals surface area contributed by atoms with Gasteiger partial charge in [-0.25, -0.2) is 0 Å². The summed E-state index contributed by atoms with van der Waals surface area (Å²) in [5.41, 5.74) is 0. The predicted molar refractivity (Wildman–Crippen MR) is 164 cm³/mol. The molecule has 4 heteroatoms. The SMILES string of the molecule is CCCCCCCCCCCCCC[N+]1(C)CC[N+](C)(CCCCCCCCCCCCCC)CC1.[Br-].[Br-]. The second-order valence-corrected chi connectivity index (χ2v) is 13.4. The average molecular weight is 669 g/mol. The Hall–Kier alpha value is 0.880. The number of halogens is 2. The van der Waals surface area contributed by atoms with Crippen molar-refractivity contribution in [3.63, 3.8) is 0 Å². The highest BCUT2D eigenvalue weighted by atomic mass is 79.9. The zero-order valence-electron chi connectivity index (χ0n) is 26.9. The number of nitrogens with zero attached hydrogens (tertiary/aromatic N) is 2. The van der Waals surface area contributed by atoms with E-state index < -0.39 is 0 Å². The third-order valence-corrected chi connectivity index (χ3v) is 9.46. The number of quaternary nitrogens is 2. The normalized spacial score (nSPS) is 21.2. The molecule has 0 atom stereocenters. The summed E-state index contributed by atoms with van der Waals surface area (Å²) in [7, 11) is 5.09. The number of hydrogen-bond acceptors (Lipinski definition) is 0. The molecule has 1 saturated heterocycles. The minimum absolute atomic E-state index is 0. The lowest BCUT2D eigenvalue weighted by Crippen LogP contribution is -3.00. The first-order chi connectivity index (χ1) is 17.5. The molecule has 1 aliphatic rings. The van der Waals surface area contributed by atoms with Crippen molar-refractivity contribution in [2.75, 3.05) is 53.4 Å². The third-order valence-electron chi connectivity index (χ3n) is 9.46. The Bertz CT molecular complexity index is 421. The topological polar surface area (TPSA) is 0 Å². The van der Waals surface area contributed by atoms with E-state index in [-0.39, 0.29) is 34.0 Å². The van der Waals surface area contributed by atoms with E-state index in [9.17, 15) is 0 Å². The summed E-state index contributed by atoms with van der Waals surface area (Å²) in [5, 5.41) is 0. The van der Waals surface area contributed by atoms with Gasteiger partial charge >= 0.3 is 0 Å². The molecule has 0 aromatic heterocycles. The minimum atomic E-state index is 0. The molecule has 2 nitrogen and oxygen atoms in total. The van der Waals surface area contributed by atoms with Gasteiger partial charge in [0.1, 0.15) is 26.2 Å². The highest BCUT2D eigenvalue weighted by molar-refractivity contribution is 4.55. The van der Waals surface area contributed by atoms with Crippen molar-refractivity contribution in [2.24, 2.45) is 0 Å². The van der Waals surface area contributed by atoms with Crippen molar-refractivity contribution in [1.82, 2.24) is 0 Å². The van der Waals surface area contributed by atoms with Gasteiger partial charge in [0.15, 0.2) is 0 Å². The van der Waals surface area contributed by atoms with E-state index in [1.165, 1.54) is 202 Å².